The molecular weight excluding hydrogens is 404 g/mol. The zero-order valence-electron chi connectivity index (χ0n) is 17.6. The molecule has 1 atom stereocenters. The molecule has 3 aromatic carbocycles. The van der Waals surface area contributed by atoms with Gasteiger partial charge in [0.05, 0.1) is 6.42 Å². The summed E-state index contributed by atoms with van der Waals surface area (Å²) >= 11 is 0. The lowest BCUT2D eigenvalue weighted by molar-refractivity contribution is -0.121. The van der Waals surface area contributed by atoms with Gasteiger partial charge in [-0.3, -0.25) is 9.59 Å². The van der Waals surface area contributed by atoms with E-state index < -0.39 is 0 Å². The van der Waals surface area contributed by atoms with Gasteiger partial charge in [-0.05, 0) is 28.8 Å². The van der Waals surface area contributed by atoms with E-state index in [1.807, 2.05) is 60.7 Å². The predicted octanol–water partition coefficient (Wildman–Crippen LogP) is 3.79. The van der Waals surface area contributed by atoms with Crippen LogP contribution in [-0.2, 0) is 16.0 Å². The Morgan fingerprint density at radius 1 is 0.938 bits per heavy atom. The van der Waals surface area contributed by atoms with Gasteiger partial charge in [-0.25, -0.2) is 0 Å². The number of nitrogens with zero attached hydrogens (tertiary/aromatic N) is 1. The Bertz CT molecular complexity index is 1130. The van der Waals surface area contributed by atoms with Gasteiger partial charge in [-0.2, -0.15) is 0 Å². The molecule has 1 saturated heterocycles. The molecule has 0 radical (unpaired) electrons. The van der Waals surface area contributed by atoms with Crippen molar-refractivity contribution in [1.82, 2.24) is 5.32 Å². The van der Waals surface area contributed by atoms with Crippen LogP contribution in [-0.4, -0.2) is 31.7 Å². The average molecular weight is 428 g/mol. The minimum absolute atomic E-state index is 0.0357. The molecule has 1 N–H and O–H groups in total. The number of fused-ring (bicyclic) bond motifs is 1. The molecule has 6 heteroatoms. The molecule has 0 aromatic heterocycles. The molecule has 0 spiro atoms. The third kappa shape index (κ3) is 4.30. The van der Waals surface area contributed by atoms with Crippen molar-refractivity contribution < 1.29 is 19.1 Å². The molecule has 3 aromatic rings. The second kappa shape index (κ2) is 8.75. The molecule has 2 aliphatic rings. The number of carbonyl (C=O) groups is 2. The third-order valence-corrected chi connectivity index (χ3v) is 5.89. The SMILES string of the molecule is O=C(Cc1ccc(-c2ccccc2)cc1)NCC1CC(=O)N(c2ccc3c(c2)OCO3)C1. The van der Waals surface area contributed by atoms with Gasteiger partial charge in [0.25, 0.3) is 0 Å². The monoisotopic (exact) mass is 428 g/mol. The largest absolute Gasteiger partial charge is 0.454 e. The highest BCUT2D eigenvalue weighted by atomic mass is 16.7. The molecule has 5 rings (SSSR count). The zero-order chi connectivity index (χ0) is 21.9. The number of hydrogen-bond donors (Lipinski definition) is 1. The second-order valence-electron chi connectivity index (χ2n) is 8.16. The van der Waals surface area contributed by atoms with E-state index >= 15 is 0 Å². The van der Waals surface area contributed by atoms with Crippen molar-refractivity contribution in [2.24, 2.45) is 5.92 Å². The van der Waals surface area contributed by atoms with Crippen LogP contribution in [0.3, 0.4) is 0 Å². The summed E-state index contributed by atoms with van der Waals surface area (Å²) in [7, 11) is 0. The van der Waals surface area contributed by atoms with Gasteiger partial charge in [-0.1, -0.05) is 54.6 Å². The molecule has 2 aliphatic heterocycles. The first-order chi connectivity index (χ1) is 15.7. The molecule has 0 saturated carbocycles. The number of hydrogen-bond acceptors (Lipinski definition) is 4. The maximum absolute atomic E-state index is 12.5. The summed E-state index contributed by atoms with van der Waals surface area (Å²) in [6.45, 7) is 1.26. The molecule has 2 heterocycles. The summed E-state index contributed by atoms with van der Waals surface area (Å²) in [6, 6.07) is 23.7. The zero-order valence-corrected chi connectivity index (χ0v) is 17.6. The van der Waals surface area contributed by atoms with Gasteiger partial charge in [0.1, 0.15) is 0 Å². The van der Waals surface area contributed by atoms with E-state index in [1.165, 1.54) is 0 Å². The molecule has 1 unspecified atom stereocenters. The number of ether oxygens (including phenoxy) is 2. The molecule has 2 amide bonds. The van der Waals surface area contributed by atoms with Crippen molar-refractivity contribution in [2.45, 2.75) is 12.8 Å². The maximum Gasteiger partial charge on any atom is 0.231 e. The fourth-order valence-electron chi connectivity index (χ4n) is 4.17. The molecule has 32 heavy (non-hydrogen) atoms. The second-order valence-corrected chi connectivity index (χ2v) is 8.16. The van der Waals surface area contributed by atoms with E-state index in [0.717, 1.165) is 22.4 Å². The van der Waals surface area contributed by atoms with Crippen LogP contribution in [0.1, 0.15) is 12.0 Å². The molecule has 1 fully saturated rings. The van der Waals surface area contributed by atoms with Crippen LogP contribution in [0, 0.1) is 5.92 Å². The first-order valence-corrected chi connectivity index (χ1v) is 10.8. The van der Waals surface area contributed by atoms with E-state index in [4.69, 9.17) is 9.47 Å². The Morgan fingerprint density at radius 3 is 2.50 bits per heavy atom. The molecule has 6 nitrogen and oxygen atoms in total. The highest BCUT2D eigenvalue weighted by molar-refractivity contribution is 5.96. The van der Waals surface area contributed by atoms with Crippen LogP contribution in [0.4, 0.5) is 5.69 Å². The summed E-state index contributed by atoms with van der Waals surface area (Å²) in [6.07, 6.45) is 0.738. The van der Waals surface area contributed by atoms with Crippen LogP contribution in [0.15, 0.2) is 72.8 Å². The average Bonchev–Trinajstić information content (AvgIpc) is 3.44. The Morgan fingerprint density at radius 2 is 1.69 bits per heavy atom. The minimum atomic E-state index is -0.0357. The van der Waals surface area contributed by atoms with Crippen LogP contribution in [0.5, 0.6) is 11.5 Å². The molecular formula is C26H24N2O4. The molecule has 0 bridgehead atoms. The summed E-state index contributed by atoms with van der Waals surface area (Å²) < 4.78 is 10.7. The number of benzene rings is 3. The minimum Gasteiger partial charge on any atom is -0.454 e. The molecule has 0 aliphatic carbocycles. The normalized spacial score (nSPS) is 16.9. The Kier molecular flexibility index (Phi) is 5.50. The topological polar surface area (TPSA) is 67.9 Å². The van der Waals surface area contributed by atoms with Crippen LogP contribution in [0.2, 0.25) is 0 Å². The van der Waals surface area contributed by atoms with Gasteiger partial charge in [0, 0.05) is 37.2 Å². The lowest BCUT2D eigenvalue weighted by Crippen LogP contribution is -2.32. The van der Waals surface area contributed by atoms with Crippen molar-refractivity contribution in [1.29, 1.82) is 0 Å². The standard InChI is InChI=1S/C26H24N2O4/c29-25(12-18-6-8-21(9-7-18)20-4-2-1-3-5-20)27-15-19-13-26(30)28(16-19)22-10-11-23-24(14-22)32-17-31-23/h1-11,14,19H,12-13,15-17H2,(H,27,29). The van der Waals surface area contributed by atoms with Gasteiger partial charge >= 0.3 is 0 Å². The van der Waals surface area contributed by atoms with Crippen molar-refractivity contribution >= 4 is 17.5 Å². The van der Waals surface area contributed by atoms with E-state index in [0.29, 0.717) is 37.4 Å². The predicted molar refractivity (Wildman–Crippen MR) is 122 cm³/mol. The number of amides is 2. The summed E-state index contributed by atoms with van der Waals surface area (Å²) in [5.74, 6) is 1.45. The first kappa shape index (κ1) is 20.1. The van der Waals surface area contributed by atoms with E-state index in [2.05, 4.69) is 17.4 Å². The van der Waals surface area contributed by atoms with Crippen LogP contribution >= 0.6 is 0 Å². The third-order valence-electron chi connectivity index (χ3n) is 5.89. The number of carbonyl (C=O) groups excluding carboxylic acids is 2. The fourth-order valence-corrected chi connectivity index (χ4v) is 4.17. The number of anilines is 1. The van der Waals surface area contributed by atoms with Gasteiger partial charge in [0.15, 0.2) is 11.5 Å². The van der Waals surface area contributed by atoms with Crippen LogP contribution < -0.4 is 19.7 Å². The van der Waals surface area contributed by atoms with E-state index in [9.17, 15) is 9.59 Å². The molecule has 162 valence electrons. The number of nitrogens with one attached hydrogen (secondary N) is 1. The fraction of sp³-hybridized carbons (Fsp3) is 0.231. The van der Waals surface area contributed by atoms with E-state index in [1.54, 1.807) is 4.90 Å². The number of rotatable bonds is 6. The van der Waals surface area contributed by atoms with Crippen molar-refractivity contribution in [3.63, 3.8) is 0 Å². The van der Waals surface area contributed by atoms with Crippen molar-refractivity contribution in [3.05, 3.63) is 78.4 Å². The Hall–Kier alpha value is -3.80. The van der Waals surface area contributed by atoms with Crippen molar-refractivity contribution in [2.75, 3.05) is 24.8 Å². The van der Waals surface area contributed by atoms with Crippen LogP contribution in [0.25, 0.3) is 11.1 Å². The highest BCUT2D eigenvalue weighted by Gasteiger charge is 2.31. The van der Waals surface area contributed by atoms with Gasteiger partial charge in [-0.15, -0.1) is 0 Å². The lowest BCUT2D eigenvalue weighted by Gasteiger charge is -2.17. The summed E-state index contributed by atoms with van der Waals surface area (Å²) in [4.78, 5) is 26.7. The smallest absolute Gasteiger partial charge is 0.231 e. The van der Waals surface area contributed by atoms with Gasteiger partial charge < -0.3 is 19.7 Å². The quantitative estimate of drug-likeness (QED) is 0.649. The summed E-state index contributed by atoms with van der Waals surface area (Å²) in [5, 5.41) is 2.99. The van der Waals surface area contributed by atoms with Gasteiger partial charge in [0.2, 0.25) is 18.6 Å². The van der Waals surface area contributed by atoms with E-state index in [-0.39, 0.29) is 24.5 Å². The Labute approximate surface area is 186 Å². The van der Waals surface area contributed by atoms with Crippen molar-refractivity contribution in [3.8, 4) is 22.6 Å². The lowest BCUT2D eigenvalue weighted by atomic mass is 10.0. The Balaban J connectivity index is 1.13. The highest BCUT2D eigenvalue weighted by Crippen LogP contribution is 2.37. The summed E-state index contributed by atoms with van der Waals surface area (Å²) in [5.41, 5.74) is 4.04. The first-order valence-electron chi connectivity index (χ1n) is 10.8. The maximum atomic E-state index is 12.5.